The van der Waals surface area contributed by atoms with Gasteiger partial charge in [0.1, 0.15) is 17.0 Å². The molecule has 45 heavy (non-hydrogen) atoms. The molecule has 3 N–H and O–H groups in total. The standard InChI is InChI=1S/C35H39N7O3/c1-21(37-34(43)24-8-5-4-6-9-24)28-14-13-25-16-29(41(33(25)39-28)20-23-11-12-23)32-22(2)42-30(40-32)17-26(18-31(42)45-3)35(44)38-27-10-7-15-36-19-27/h4-6,8-9,13-14,16-18,21,23,27,36H,7,10-12,15,19-20H2,1-3H3,(H,37,43)(H,38,44)/t21-,27?/m1/s1. The van der Waals surface area contributed by atoms with Crippen LogP contribution in [0.1, 0.15) is 70.8 Å². The van der Waals surface area contributed by atoms with Crippen molar-refractivity contribution in [1.82, 2.24) is 34.9 Å². The highest BCUT2D eigenvalue weighted by Crippen LogP contribution is 2.37. The van der Waals surface area contributed by atoms with Gasteiger partial charge >= 0.3 is 0 Å². The van der Waals surface area contributed by atoms with Crippen molar-refractivity contribution in [3.8, 4) is 17.3 Å². The molecule has 5 aromatic rings. The van der Waals surface area contributed by atoms with Gasteiger partial charge in [0.2, 0.25) is 0 Å². The number of aromatic nitrogens is 4. The van der Waals surface area contributed by atoms with Crippen LogP contribution in [-0.2, 0) is 6.54 Å². The summed E-state index contributed by atoms with van der Waals surface area (Å²) < 4.78 is 10.0. The van der Waals surface area contributed by atoms with Gasteiger partial charge in [0.25, 0.3) is 11.8 Å². The molecule has 1 unspecified atom stereocenters. The number of nitrogens with zero attached hydrogens (tertiary/aromatic N) is 4. The van der Waals surface area contributed by atoms with E-state index >= 15 is 0 Å². The van der Waals surface area contributed by atoms with E-state index in [9.17, 15) is 9.59 Å². The van der Waals surface area contributed by atoms with Crippen molar-refractivity contribution in [1.29, 1.82) is 0 Å². The maximum absolute atomic E-state index is 13.3. The Morgan fingerprint density at radius 1 is 1.02 bits per heavy atom. The Labute approximate surface area is 262 Å². The van der Waals surface area contributed by atoms with Crippen LogP contribution in [0.3, 0.4) is 0 Å². The van der Waals surface area contributed by atoms with E-state index < -0.39 is 0 Å². The van der Waals surface area contributed by atoms with Crippen molar-refractivity contribution >= 4 is 28.5 Å². The van der Waals surface area contributed by atoms with Gasteiger partial charge in [0, 0.05) is 41.7 Å². The lowest BCUT2D eigenvalue weighted by Gasteiger charge is -2.23. The van der Waals surface area contributed by atoms with Crippen molar-refractivity contribution in [2.24, 2.45) is 5.92 Å². The van der Waals surface area contributed by atoms with Crippen LogP contribution in [0.5, 0.6) is 5.88 Å². The molecule has 1 aromatic carbocycles. The minimum absolute atomic E-state index is 0.107. The highest BCUT2D eigenvalue weighted by atomic mass is 16.5. The highest BCUT2D eigenvalue weighted by molar-refractivity contribution is 5.96. The summed E-state index contributed by atoms with van der Waals surface area (Å²) in [5.41, 5.74) is 6.20. The molecule has 4 aromatic heterocycles. The van der Waals surface area contributed by atoms with Crippen molar-refractivity contribution in [3.63, 3.8) is 0 Å². The molecule has 2 atom stereocenters. The second kappa shape index (κ2) is 12.0. The predicted molar refractivity (Wildman–Crippen MR) is 174 cm³/mol. The second-order valence-corrected chi connectivity index (χ2v) is 12.3. The van der Waals surface area contributed by atoms with E-state index in [1.54, 1.807) is 13.2 Å². The SMILES string of the molecule is COc1cc(C(=O)NC2CCCNC2)cc2nc(-c3cc4ccc([C@@H](C)NC(=O)c5ccccc5)nc4n3CC3CC3)c(C)n12. The highest BCUT2D eigenvalue weighted by Gasteiger charge is 2.27. The third-order valence-electron chi connectivity index (χ3n) is 8.99. The molecule has 1 aliphatic carbocycles. The molecule has 0 spiro atoms. The summed E-state index contributed by atoms with van der Waals surface area (Å²) in [6.07, 6.45) is 4.39. The fraction of sp³-hybridized carbons (Fsp3) is 0.371. The number of ether oxygens (including phenoxy) is 1. The number of amides is 2. The van der Waals surface area contributed by atoms with Gasteiger partial charge < -0.3 is 25.3 Å². The number of carbonyl (C=O) groups excluding carboxylic acids is 2. The minimum atomic E-state index is -0.273. The Hall–Kier alpha value is -4.70. The van der Waals surface area contributed by atoms with Gasteiger partial charge in [-0.05, 0) is 88.4 Å². The Morgan fingerprint density at radius 2 is 1.84 bits per heavy atom. The first kappa shape index (κ1) is 29.0. The summed E-state index contributed by atoms with van der Waals surface area (Å²) >= 11 is 0. The van der Waals surface area contributed by atoms with Crippen LogP contribution >= 0.6 is 0 Å². The average Bonchev–Trinajstić information content (AvgIpc) is 3.74. The Balaban J connectivity index is 1.25. The van der Waals surface area contributed by atoms with E-state index in [2.05, 4.69) is 32.7 Å². The first-order valence-electron chi connectivity index (χ1n) is 15.8. The normalized spacial score (nSPS) is 17.4. The van der Waals surface area contributed by atoms with E-state index in [1.165, 1.54) is 12.8 Å². The van der Waals surface area contributed by atoms with Crippen molar-refractivity contribution in [3.05, 3.63) is 83.2 Å². The molecule has 0 radical (unpaired) electrons. The third-order valence-corrected chi connectivity index (χ3v) is 8.99. The Bertz CT molecular complexity index is 1880. The molecule has 1 saturated carbocycles. The summed E-state index contributed by atoms with van der Waals surface area (Å²) in [7, 11) is 1.62. The maximum atomic E-state index is 13.3. The molecule has 5 heterocycles. The number of piperidine rings is 1. The summed E-state index contributed by atoms with van der Waals surface area (Å²) in [6, 6.07) is 18.9. The molecule has 1 aliphatic heterocycles. The summed E-state index contributed by atoms with van der Waals surface area (Å²) in [4.78, 5) is 36.3. The average molecular weight is 606 g/mol. The smallest absolute Gasteiger partial charge is 0.251 e. The predicted octanol–water partition coefficient (Wildman–Crippen LogP) is 5.05. The number of hydrogen-bond donors (Lipinski definition) is 3. The lowest BCUT2D eigenvalue weighted by molar-refractivity contribution is 0.0925. The molecule has 2 amide bonds. The molecular weight excluding hydrogens is 566 g/mol. The number of nitrogens with one attached hydrogen (secondary N) is 3. The van der Waals surface area contributed by atoms with Gasteiger partial charge in [-0.1, -0.05) is 18.2 Å². The second-order valence-electron chi connectivity index (χ2n) is 12.3. The van der Waals surface area contributed by atoms with Crippen LogP contribution in [0, 0.1) is 12.8 Å². The van der Waals surface area contributed by atoms with E-state index in [4.69, 9.17) is 14.7 Å². The van der Waals surface area contributed by atoms with Crippen LogP contribution < -0.4 is 20.7 Å². The van der Waals surface area contributed by atoms with Crippen LogP contribution in [0.2, 0.25) is 0 Å². The zero-order chi connectivity index (χ0) is 31.1. The fourth-order valence-corrected chi connectivity index (χ4v) is 6.31. The van der Waals surface area contributed by atoms with E-state index in [1.807, 2.05) is 60.7 Å². The number of methoxy groups -OCH3 is 1. The van der Waals surface area contributed by atoms with Crippen LogP contribution in [0.4, 0.5) is 0 Å². The molecular formula is C35H39N7O3. The molecule has 7 rings (SSSR count). The van der Waals surface area contributed by atoms with E-state index in [0.717, 1.165) is 66.3 Å². The Morgan fingerprint density at radius 3 is 2.58 bits per heavy atom. The minimum Gasteiger partial charge on any atom is -0.482 e. The lowest BCUT2D eigenvalue weighted by Crippen LogP contribution is -2.45. The molecule has 0 bridgehead atoms. The monoisotopic (exact) mass is 605 g/mol. The molecule has 232 valence electrons. The lowest BCUT2D eigenvalue weighted by atomic mass is 10.1. The molecule has 2 fully saturated rings. The van der Waals surface area contributed by atoms with Gasteiger partial charge in [-0.2, -0.15) is 0 Å². The molecule has 10 heteroatoms. The molecule has 1 saturated heterocycles. The number of benzene rings is 1. The van der Waals surface area contributed by atoms with Gasteiger partial charge in [0.15, 0.2) is 5.88 Å². The number of pyridine rings is 2. The number of aryl methyl sites for hydroxylation is 1. The molecule has 2 aliphatic rings. The number of rotatable bonds is 9. The number of fused-ring (bicyclic) bond motifs is 2. The van der Waals surface area contributed by atoms with Crippen LogP contribution in [0.25, 0.3) is 28.1 Å². The van der Waals surface area contributed by atoms with Crippen LogP contribution in [-0.4, -0.2) is 57.0 Å². The van der Waals surface area contributed by atoms with Gasteiger partial charge in [-0.3, -0.25) is 14.0 Å². The summed E-state index contributed by atoms with van der Waals surface area (Å²) in [5, 5.41) is 10.6. The van der Waals surface area contributed by atoms with Gasteiger partial charge in [-0.15, -0.1) is 0 Å². The first-order valence-corrected chi connectivity index (χ1v) is 15.8. The number of hydrogen-bond acceptors (Lipinski definition) is 6. The molecule has 10 nitrogen and oxygen atoms in total. The quantitative estimate of drug-likeness (QED) is 0.217. The number of carbonyl (C=O) groups is 2. The van der Waals surface area contributed by atoms with E-state index in [0.29, 0.717) is 28.6 Å². The third kappa shape index (κ3) is 5.78. The fourth-order valence-electron chi connectivity index (χ4n) is 6.31. The largest absolute Gasteiger partial charge is 0.482 e. The Kier molecular flexibility index (Phi) is 7.75. The van der Waals surface area contributed by atoms with Gasteiger partial charge in [0.05, 0.1) is 30.2 Å². The number of imidazole rings is 1. The summed E-state index contributed by atoms with van der Waals surface area (Å²) in [6.45, 7) is 6.59. The van der Waals surface area contributed by atoms with Crippen molar-refractivity contribution < 1.29 is 14.3 Å². The van der Waals surface area contributed by atoms with Gasteiger partial charge in [-0.25, -0.2) is 9.97 Å². The summed E-state index contributed by atoms with van der Waals surface area (Å²) in [5.74, 6) is 0.900. The van der Waals surface area contributed by atoms with Crippen LogP contribution in [0.15, 0.2) is 60.7 Å². The maximum Gasteiger partial charge on any atom is 0.251 e. The first-order chi connectivity index (χ1) is 21.9. The zero-order valence-corrected chi connectivity index (χ0v) is 26.0. The van der Waals surface area contributed by atoms with Crippen molar-refractivity contribution in [2.75, 3.05) is 20.2 Å². The van der Waals surface area contributed by atoms with Crippen molar-refractivity contribution in [2.45, 2.75) is 58.2 Å². The topological polar surface area (TPSA) is 115 Å². The van der Waals surface area contributed by atoms with E-state index in [-0.39, 0.29) is 23.9 Å². The zero-order valence-electron chi connectivity index (χ0n) is 26.0.